The first-order chi connectivity index (χ1) is 14.1. The van der Waals surface area contributed by atoms with Gasteiger partial charge in [-0.2, -0.15) is 5.10 Å². The molecule has 0 atom stereocenters. The summed E-state index contributed by atoms with van der Waals surface area (Å²) in [7, 11) is 0. The Morgan fingerprint density at radius 1 is 1.17 bits per heavy atom. The lowest BCUT2D eigenvalue weighted by Gasteiger charge is -2.40. The van der Waals surface area contributed by atoms with Crippen molar-refractivity contribution in [2.75, 3.05) is 24.5 Å². The number of aromatic nitrogens is 4. The van der Waals surface area contributed by atoms with Gasteiger partial charge in [-0.3, -0.25) is 19.6 Å². The number of hydrogen-bond acceptors (Lipinski definition) is 5. The molecule has 1 aliphatic rings. The van der Waals surface area contributed by atoms with Crippen molar-refractivity contribution in [3.63, 3.8) is 0 Å². The Morgan fingerprint density at radius 2 is 1.90 bits per heavy atom. The van der Waals surface area contributed by atoms with Crippen LogP contribution in [0.4, 0.5) is 5.69 Å². The number of likely N-dealkylation sites (tertiary alicyclic amines) is 1. The zero-order valence-electron chi connectivity index (χ0n) is 15.8. The molecule has 9 heteroatoms. The Hall–Kier alpha value is -3.26. The van der Waals surface area contributed by atoms with Crippen LogP contribution in [0.3, 0.4) is 0 Å². The van der Waals surface area contributed by atoms with Crippen LogP contribution in [0.25, 0.3) is 5.69 Å². The van der Waals surface area contributed by atoms with E-state index in [1.54, 1.807) is 57.5 Å². The maximum absolute atomic E-state index is 13.0. The number of carbonyl (C=O) groups is 2. The highest BCUT2D eigenvalue weighted by Gasteiger charge is 2.39. The van der Waals surface area contributed by atoms with E-state index in [1.165, 1.54) is 6.20 Å². The highest BCUT2D eigenvalue weighted by Crippen LogP contribution is 2.29. The number of pyridine rings is 2. The van der Waals surface area contributed by atoms with Gasteiger partial charge in [0.2, 0.25) is 5.91 Å². The number of nitrogens with zero attached hydrogens (tertiary/aromatic N) is 6. The maximum atomic E-state index is 13.0. The van der Waals surface area contributed by atoms with Crippen LogP contribution in [-0.2, 0) is 4.79 Å². The van der Waals surface area contributed by atoms with E-state index >= 15 is 0 Å². The van der Waals surface area contributed by atoms with Crippen molar-refractivity contribution >= 4 is 29.1 Å². The third kappa shape index (κ3) is 3.71. The molecule has 0 N–H and O–H groups in total. The minimum atomic E-state index is -0.270. The van der Waals surface area contributed by atoms with E-state index in [1.807, 2.05) is 13.0 Å². The third-order valence-corrected chi connectivity index (χ3v) is 5.13. The predicted octanol–water partition coefficient (Wildman–Crippen LogP) is 2.44. The molecule has 0 aliphatic carbocycles. The lowest BCUT2D eigenvalue weighted by atomic mass is 9.97. The molecule has 0 bridgehead atoms. The quantitative estimate of drug-likeness (QED) is 0.645. The summed E-state index contributed by atoms with van der Waals surface area (Å²) in [6.45, 7) is 3.08. The van der Waals surface area contributed by atoms with E-state index in [-0.39, 0.29) is 22.9 Å². The Labute approximate surface area is 172 Å². The van der Waals surface area contributed by atoms with Crippen molar-refractivity contribution in [2.45, 2.75) is 6.92 Å². The second kappa shape index (κ2) is 8.00. The van der Waals surface area contributed by atoms with Gasteiger partial charge in [0.1, 0.15) is 5.69 Å². The first kappa shape index (κ1) is 19.1. The van der Waals surface area contributed by atoms with Gasteiger partial charge in [-0.15, -0.1) is 0 Å². The second-order valence-electron chi connectivity index (χ2n) is 6.69. The summed E-state index contributed by atoms with van der Waals surface area (Å²) >= 11 is 6.32. The van der Waals surface area contributed by atoms with E-state index in [2.05, 4.69) is 15.1 Å². The van der Waals surface area contributed by atoms with Crippen molar-refractivity contribution in [1.29, 1.82) is 0 Å². The van der Waals surface area contributed by atoms with Crippen molar-refractivity contribution in [2.24, 2.45) is 5.92 Å². The normalized spacial score (nSPS) is 13.8. The van der Waals surface area contributed by atoms with Crippen LogP contribution in [0.5, 0.6) is 0 Å². The number of halogens is 1. The molecule has 0 unspecified atom stereocenters. The average molecular weight is 411 g/mol. The van der Waals surface area contributed by atoms with Gasteiger partial charge in [0.25, 0.3) is 5.91 Å². The van der Waals surface area contributed by atoms with Crippen LogP contribution in [0.15, 0.2) is 55.2 Å². The van der Waals surface area contributed by atoms with Gasteiger partial charge in [0, 0.05) is 38.2 Å². The van der Waals surface area contributed by atoms with Gasteiger partial charge >= 0.3 is 0 Å². The standard InChI is InChI=1S/C20H19ClN6O2/c1-2-26(17-13-27(24-18(17)21)16-6-4-8-23-10-16)20(29)15-11-25(12-15)19(28)14-5-3-7-22-9-14/h3-10,13,15H,2,11-12H2,1H3. The molecule has 1 aliphatic heterocycles. The lowest BCUT2D eigenvalue weighted by molar-refractivity contribution is -0.126. The lowest BCUT2D eigenvalue weighted by Crippen LogP contribution is -2.56. The Kier molecular flexibility index (Phi) is 5.26. The molecule has 4 rings (SSSR count). The number of rotatable bonds is 5. The molecule has 0 spiro atoms. The molecule has 2 amide bonds. The van der Waals surface area contributed by atoms with Gasteiger partial charge in [-0.1, -0.05) is 11.6 Å². The largest absolute Gasteiger partial charge is 0.337 e. The van der Waals surface area contributed by atoms with Crippen molar-refractivity contribution < 1.29 is 9.59 Å². The summed E-state index contributed by atoms with van der Waals surface area (Å²) in [5.74, 6) is -0.462. The van der Waals surface area contributed by atoms with Crippen LogP contribution in [0.2, 0.25) is 5.15 Å². The topological polar surface area (TPSA) is 84.2 Å². The zero-order valence-corrected chi connectivity index (χ0v) is 16.5. The second-order valence-corrected chi connectivity index (χ2v) is 7.05. The van der Waals surface area contributed by atoms with E-state index in [9.17, 15) is 9.59 Å². The fraction of sp³-hybridized carbons (Fsp3) is 0.250. The highest BCUT2D eigenvalue weighted by atomic mass is 35.5. The molecule has 3 aromatic rings. The maximum Gasteiger partial charge on any atom is 0.255 e. The number of carbonyl (C=O) groups excluding carboxylic acids is 2. The molecule has 0 aromatic carbocycles. The smallest absolute Gasteiger partial charge is 0.255 e. The average Bonchev–Trinajstić information content (AvgIpc) is 3.10. The van der Waals surface area contributed by atoms with Crippen molar-refractivity contribution in [3.05, 3.63) is 66.0 Å². The van der Waals surface area contributed by atoms with Gasteiger partial charge in [-0.25, -0.2) is 4.68 Å². The minimum Gasteiger partial charge on any atom is -0.337 e. The molecule has 29 heavy (non-hydrogen) atoms. The van der Waals surface area contributed by atoms with Gasteiger partial charge < -0.3 is 9.80 Å². The summed E-state index contributed by atoms with van der Waals surface area (Å²) in [5.41, 5.74) is 1.81. The molecular formula is C20H19ClN6O2. The molecule has 1 fully saturated rings. The Morgan fingerprint density at radius 3 is 2.52 bits per heavy atom. The van der Waals surface area contributed by atoms with Gasteiger partial charge in [0.05, 0.1) is 29.6 Å². The molecule has 0 saturated carbocycles. The van der Waals surface area contributed by atoms with E-state index in [0.29, 0.717) is 30.9 Å². The number of anilines is 1. The Bertz CT molecular complexity index is 1020. The summed E-state index contributed by atoms with van der Waals surface area (Å²) in [4.78, 5) is 36.8. The summed E-state index contributed by atoms with van der Waals surface area (Å²) in [6.07, 6.45) is 8.21. The van der Waals surface area contributed by atoms with Gasteiger partial charge in [-0.05, 0) is 31.2 Å². The molecule has 8 nitrogen and oxygen atoms in total. The van der Waals surface area contributed by atoms with Crippen molar-refractivity contribution in [3.8, 4) is 5.69 Å². The van der Waals surface area contributed by atoms with Crippen LogP contribution in [-0.4, -0.2) is 56.1 Å². The first-order valence-electron chi connectivity index (χ1n) is 9.24. The minimum absolute atomic E-state index is 0.0737. The van der Waals surface area contributed by atoms with E-state index < -0.39 is 0 Å². The Balaban J connectivity index is 1.46. The van der Waals surface area contributed by atoms with Crippen LogP contribution < -0.4 is 4.90 Å². The van der Waals surface area contributed by atoms with E-state index in [0.717, 1.165) is 5.69 Å². The molecule has 3 aromatic heterocycles. The zero-order chi connectivity index (χ0) is 20.4. The molecule has 4 heterocycles. The number of hydrogen-bond donors (Lipinski definition) is 0. The van der Waals surface area contributed by atoms with Crippen molar-refractivity contribution in [1.82, 2.24) is 24.6 Å². The van der Waals surface area contributed by atoms with Gasteiger partial charge in [0.15, 0.2) is 5.15 Å². The third-order valence-electron chi connectivity index (χ3n) is 4.86. The first-order valence-corrected chi connectivity index (χ1v) is 9.62. The summed E-state index contributed by atoms with van der Waals surface area (Å²) < 4.78 is 1.60. The monoisotopic (exact) mass is 410 g/mol. The molecule has 148 valence electrons. The predicted molar refractivity (Wildman–Crippen MR) is 108 cm³/mol. The molecule has 1 saturated heterocycles. The fourth-order valence-corrected chi connectivity index (χ4v) is 3.52. The highest BCUT2D eigenvalue weighted by molar-refractivity contribution is 6.32. The summed E-state index contributed by atoms with van der Waals surface area (Å²) in [5, 5.41) is 4.54. The van der Waals surface area contributed by atoms with Crippen LogP contribution in [0.1, 0.15) is 17.3 Å². The summed E-state index contributed by atoms with van der Waals surface area (Å²) in [6, 6.07) is 7.09. The SMILES string of the molecule is CCN(C(=O)C1CN(C(=O)c2cccnc2)C1)c1cn(-c2cccnc2)nc1Cl. The molecule has 0 radical (unpaired) electrons. The molecular weight excluding hydrogens is 392 g/mol. The van der Waals surface area contributed by atoms with E-state index in [4.69, 9.17) is 11.6 Å². The van der Waals surface area contributed by atoms with Crippen LogP contribution >= 0.6 is 11.6 Å². The van der Waals surface area contributed by atoms with Crippen LogP contribution in [0, 0.1) is 5.92 Å². The number of amides is 2. The fourth-order valence-electron chi connectivity index (χ4n) is 3.28.